The van der Waals surface area contributed by atoms with Crippen molar-refractivity contribution in [2.75, 3.05) is 33.9 Å². The molecule has 1 N–H and O–H groups in total. The molecule has 0 unspecified atom stereocenters. The molecule has 28 heavy (non-hydrogen) atoms. The molecular formula is C22H26Cl2N2O2. The van der Waals surface area contributed by atoms with E-state index in [1.807, 2.05) is 62.6 Å². The van der Waals surface area contributed by atoms with Gasteiger partial charge in [-0.1, -0.05) is 47.5 Å². The predicted octanol–water partition coefficient (Wildman–Crippen LogP) is 4.46. The van der Waals surface area contributed by atoms with Crippen molar-refractivity contribution in [2.24, 2.45) is 0 Å². The molecule has 0 aromatic heterocycles. The number of ether oxygens (including phenoxy) is 1. The van der Waals surface area contributed by atoms with Gasteiger partial charge in [0.05, 0.1) is 11.5 Å². The SMILES string of the molecule is CN(C)[C@@H](CNC(=O)C1(c2ccc(Cl)cc2)CCOCC1)c1cccc(Cl)c1. The van der Waals surface area contributed by atoms with Crippen molar-refractivity contribution in [1.29, 1.82) is 0 Å². The maximum Gasteiger partial charge on any atom is 0.230 e. The second-order valence-corrected chi connectivity index (χ2v) is 8.32. The van der Waals surface area contributed by atoms with Crippen LogP contribution < -0.4 is 5.32 Å². The minimum atomic E-state index is -0.589. The molecule has 0 aliphatic carbocycles. The van der Waals surface area contributed by atoms with E-state index in [1.54, 1.807) is 0 Å². The molecule has 1 saturated heterocycles. The van der Waals surface area contributed by atoms with Crippen LogP contribution in [0.5, 0.6) is 0 Å². The molecule has 4 nitrogen and oxygen atoms in total. The molecule has 150 valence electrons. The summed E-state index contributed by atoms with van der Waals surface area (Å²) >= 11 is 12.2. The van der Waals surface area contributed by atoms with Crippen LogP contribution in [-0.4, -0.2) is 44.7 Å². The minimum Gasteiger partial charge on any atom is -0.381 e. The summed E-state index contributed by atoms with van der Waals surface area (Å²) in [6, 6.07) is 15.4. The molecule has 0 spiro atoms. The molecule has 1 heterocycles. The van der Waals surface area contributed by atoms with Crippen molar-refractivity contribution in [3.05, 3.63) is 69.7 Å². The number of carbonyl (C=O) groups excluding carboxylic acids is 1. The molecule has 0 saturated carbocycles. The Morgan fingerprint density at radius 1 is 1.11 bits per heavy atom. The third kappa shape index (κ3) is 4.69. The zero-order valence-electron chi connectivity index (χ0n) is 16.3. The smallest absolute Gasteiger partial charge is 0.230 e. The summed E-state index contributed by atoms with van der Waals surface area (Å²) in [5.74, 6) is 0.0343. The fourth-order valence-electron chi connectivity index (χ4n) is 3.81. The maximum absolute atomic E-state index is 13.4. The number of nitrogens with zero attached hydrogens (tertiary/aromatic N) is 1. The highest BCUT2D eigenvalue weighted by atomic mass is 35.5. The topological polar surface area (TPSA) is 41.6 Å². The highest BCUT2D eigenvalue weighted by Crippen LogP contribution is 2.36. The van der Waals surface area contributed by atoms with Crippen LogP contribution in [-0.2, 0) is 14.9 Å². The Balaban J connectivity index is 1.80. The molecule has 1 aliphatic rings. The molecule has 1 atom stereocenters. The first kappa shape index (κ1) is 21.1. The second kappa shape index (κ2) is 9.27. The van der Waals surface area contributed by atoms with Gasteiger partial charge in [0.1, 0.15) is 0 Å². The second-order valence-electron chi connectivity index (χ2n) is 7.45. The van der Waals surface area contributed by atoms with E-state index >= 15 is 0 Å². The van der Waals surface area contributed by atoms with Crippen LogP contribution in [0, 0.1) is 0 Å². The summed E-state index contributed by atoms with van der Waals surface area (Å²) in [5.41, 5.74) is 1.47. The van der Waals surface area contributed by atoms with Gasteiger partial charge in [-0.25, -0.2) is 0 Å². The zero-order chi connectivity index (χ0) is 20.1. The van der Waals surface area contributed by atoms with Crippen molar-refractivity contribution in [1.82, 2.24) is 10.2 Å². The fourth-order valence-corrected chi connectivity index (χ4v) is 4.13. The highest BCUT2D eigenvalue weighted by molar-refractivity contribution is 6.30. The third-order valence-corrected chi connectivity index (χ3v) is 5.98. The van der Waals surface area contributed by atoms with Crippen LogP contribution in [0.15, 0.2) is 48.5 Å². The Kier molecular flexibility index (Phi) is 7.00. The van der Waals surface area contributed by atoms with E-state index in [0.717, 1.165) is 11.1 Å². The van der Waals surface area contributed by atoms with Crippen molar-refractivity contribution in [3.63, 3.8) is 0 Å². The van der Waals surface area contributed by atoms with E-state index in [0.29, 0.717) is 42.6 Å². The van der Waals surface area contributed by atoms with Gasteiger partial charge < -0.3 is 15.0 Å². The lowest BCUT2D eigenvalue weighted by molar-refractivity contribution is -0.130. The number of hydrogen-bond donors (Lipinski definition) is 1. The van der Waals surface area contributed by atoms with Crippen molar-refractivity contribution < 1.29 is 9.53 Å². The fraction of sp³-hybridized carbons (Fsp3) is 0.409. The summed E-state index contributed by atoms with van der Waals surface area (Å²) in [6.45, 7) is 1.64. The molecule has 0 radical (unpaired) electrons. The van der Waals surface area contributed by atoms with Crippen molar-refractivity contribution >= 4 is 29.1 Å². The molecule has 1 fully saturated rings. The Morgan fingerprint density at radius 3 is 2.39 bits per heavy atom. The molecule has 6 heteroatoms. The molecule has 3 rings (SSSR count). The largest absolute Gasteiger partial charge is 0.381 e. The lowest BCUT2D eigenvalue weighted by Crippen LogP contribution is -2.49. The number of carbonyl (C=O) groups is 1. The van der Waals surface area contributed by atoms with Gasteiger partial charge in [0, 0.05) is 29.8 Å². The van der Waals surface area contributed by atoms with Crippen LogP contribution in [0.1, 0.15) is 30.0 Å². The van der Waals surface area contributed by atoms with Gasteiger partial charge in [0.2, 0.25) is 5.91 Å². The van der Waals surface area contributed by atoms with Gasteiger partial charge in [-0.05, 0) is 62.3 Å². The van der Waals surface area contributed by atoms with E-state index < -0.39 is 5.41 Å². The summed E-state index contributed by atoms with van der Waals surface area (Å²) < 4.78 is 5.54. The van der Waals surface area contributed by atoms with E-state index in [4.69, 9.17) is 27.9 Å². The molecule has 2 aromatic rings. The first-order valence-corrected chi connectivity index (χ1v) is 10.2. The Hall–Kier alpha value is -1.59. The summed E-state index contributed by atoms with van der Waals surface area (Å²) in [4.78, 5) is 15.5. The van der Waals surface area contributed by atoms with Gasteiger partial charge in [0.25, 0.3) is 0 Å². The summed E-state index contributed by atoms with van der Waals surface area (Å²) in [6.07, 6.45) is 1.31. The van der Waals surface area contributed by atoms with Gasteiger partial charge >= 0.3 is 0 Å². The molecule has 0 bridgehead atoms. The first-order chi connectivity index (χ1) is 13.4. The van der Waals surface area contributed by atoms with E-state index in [9.17, 15) is 4.79 Å². The predicted molar refractivity (Wildman–Crippen MR) is 114 cm³/mol. The van der Waals surface area contributed by atoms with E-state index in [1.165, 1.54) is 0 Å². The van der Waals surface area contributed by atoms with Crippen LogP contribution in [0.2, 0.25) is 10.0 Å². The molecule has 1 aliphatic heterocycles. The number of amides is 1. The number of nitrogens with one attached hydrogen (secondary N) is 1. The van der Waals surface area contributed by atoms with Gasteiger partial charge in [-0.2, -0.15) is 0 Å². The number of halogens is 2. The van der Waals surface area contributed by atoms with E-state index in [2.05, 4.69) is 10.2 Å². The minimum absolute atomic E-state index is 0.0322. The highest BCUT2D eigenvalue weighted by Gasteiger charge is 2.41. The number of likely N-dealkylation sites (N-methyl/N-ethyl adjacent to an activating group) is 1. The van der Waals surface area contributed by atoms with E-state index in [-0.39, 0.29) is 11.9 Å². The molecule has 1 amide bonds. The van der Waals surface area contributed by atoms with Crippen LogP contribution in [0.4, 0.5) is 0 Å². The Labute approximate surface area is 176 Å². The number of hydrogen-bond acceptors (Lipinski definition) is 3. The van der Waals surface area contributed by atoms with Gasteiger partial charge in [-0.3, -0.25) is 4.79 Å². The first-order valence-electron chi connectivity index (χ1n) is 9.46. The maximum atomic E-state index is 13.4. The van der Waals surface area contributed by atoms with Crippen LogP contribution in [0.25, 0.3) is 0 Å². The van der Waals surface area contributed by atoms with Crippen molar-refractivity contribution in [2.45, 2.75) is 24.3 Å². The van der Waals surface area contributed by atoms with Crippen LogP contribution >= 0.6 is 23.2 Å². The third-order valence-electron chi connectivity index (χ3n) is 5.49. The average Bonchev–Trinajstić information content (AvgIpc) is 2.69. The monoisotopic (exact) mass is 420 g/mol. The van der Waals surface area contributed by atoms with Gasteiger partial charge in [-0.15, -0.1) is 0 Å². The number of benzene rings is 2. The van der Waals surface area contributed by atoms with Gasteiger partial charge in [0.15, 0.2) is 0 Å². The van der Waals surface area contributed by atoms with Crippen LogP contribution in [0.3, 0.4) is 0 Å². The Bertz CT molecular complexity index is 802. The standard InChI is InChI=1S/C22H26Cl2N2O2/c1-26(2)20(16-4-3-5-19(24)14-16)15-25-21(27)22(10-12-28-13-11-22)17-6-8-18(23)9-7-17/h3-9,14,20H,10-13,15H2,1-2H3,(H,25,27)/t20-/m0/s1. The quantitative estimate of drug-likeness (QED) is 0.749. The summed E-state index contributed by atoms with van der Waals surface area (Å²) in [5, 5.41) is 4.55. The summed E-state index contributed by atoms with van der Waals surface area (Å²) in [7, 11) is 4.00. The molecule has 2 aromatic carbocycles. The van der Waals surface area contributed by atoms with Crippen molar-refractivity contribution in [3.8, 4) is 0 Å². The lowest BCUT2D eigenvalue weighted by atomic mass is 9.73. The average molecular weight is 421 g/mol. The molecular weight excluding hydrogens is 395 g/mol. The zero-order valence-corrected chi connectivity index (χ0v) is 17.8. The Morgan fingerprint density at radius 2 is 1.79 bits per heavy atom. The lowest BCUT2D eigenvalue weighted by Gasteiger charge is -2.37. The number of rotatable bonds is 6. The normalized spacial score (nSPS) is 17.3.